The summed E-state index contributed by atoms with van der Waals surface area (Å²) in [6.07, 6.45) is 2.20. The Morgan fingerprint density at radius 1 is 1.29 bits per heavy atom. The van der Waals surface area contributed by atoms with Gasteiger partial charge in [0.1, 0.15) is 22.5 Å². The van der Waals surface area contributed by atoms with Crippen molar-refractivity contribution in [3.8, 4) is 11.5 Å². The molecule has 0 heterocycles. The summed E-state index contributed by atoms with van der Waals surface area (Å²) in [5, 5.41) is 0. The molecule has 1 saturated carbocycles. The van der Waals surface area contributed by atoms with Crippen molar-refractivity contribution in [2.75, 3.05) is 14.2 Å². The van der Waals surface area contributed by atoms with E-state index in [1.807, 2.05) is 13.0 Å². The van der Waals surface area contributed by atoms with Crippen LogP contribution in [0.3, 0.4) is 0 Å². The average Bonchev–Trinajstić information content (AvgIpc) is 3.12. The molecule has 1 aliphatic carbocycles. The van der Waals surface area contributed by atoms with E-state index >= 15 is 0 Å². The quantitative estimate of drug-likeness (QED) is 0.872. The topological polar surface area (TPSA) is 47.6 Å². The second kappa shape index (κ2) is 5.06. The van der Waals surface area contributed by atoms with Crippen molar-refractivity contribution in [2.45, 2.75) is 30.7 Å². The maximum atomic E-state index is 12.1. The highest BCUT2D eigenvalue weighted by atomic mass is 32.2. The Balaban J connectivity index is 2.31. The van der Waals surface area contributed by atoms with Crippen LogP contribution in [0.25, 0.3) is 0 Å². The van der Waals surface area contributed by atoms with Crippen LogP contribution in [0.4, 0.5) is 0 Å². The number of hydrogen-bond acceptors (Lipinski definition) is 3. The van der Waals surface area contributed by atoms with E-state index in [9.17, 15) is 4.21 Å². The minimum absolute atomic E-state index is 0.392. The molecule has 0 saturated heterocycles. The second-order valence-electron chi connectivity index (χ2n) is 4.09. The van der Waals surface area contributed by atoms with Crippen LogP contribution in [0.15, 0.2) is 17.0 Å². The van der Waals surface area contributed by atoms with E-state index in [2.05, 4.69) is 4.72 Å². The van der Waals surface area contributed by atoms with Crippen molar-refractivity contribution >= 4 is 11.0 Å². The van der Waals surface area contributed by atoms with Gasteiger partial charge in [0.15, 0.2) is 0 Å². The smallest absolute Gasteiger partial charge is 0.142 e. The lowest BCUT2D eigenvalue weighted by Gasteiger charge is -2.14. The van der Waals surface area contributed by atoms with E-state index in [-0.39, 0.29) is 0 Å². The Morgan fingerprint density at radius 2 is 2.00 bits per heavy atom. The molecule has 0 amide bonds. The molecule has 0 unspecified atom stereocenters. The van der Waals surface area contributed by atoms with Crippen molar-refractivity contribution in [1.82, 2.24) is 4.72 Å². The highest BCUT2D eigenvalue weighted by Crippen LogP contribution is 2.33. The molecule has 1 atom stereocenters. The van der Waals surface area contributed by atoms with Crippen LogP contribution in [-0.2, 0) is 11.0 Å². The molecule has 1 N–H and O–H groups in total. The maximum absolute atomic E-state index is 12.1. The monoisotopic (exact) mass is 255 g/mol. The van der Waals surface area contributed by atoms with E-state index in [1.165, 1.54) is 0 Å². The molecule has 1 aromatic rings. The second-order valence-corrected chi connectivity index (χ2v) is 5.30. The van der Waals surface area contributed by atoms with Crippen LogP contribution in [0.1, 0.15) is 18.4 Å². The summed E-state index contributed by atoms with van der Waals surface area (Å²) in [7, 11) is 1.98. The Labute approximate surface area is 104 Å². The SMILES string of the molecule is COc1ccc([S@](=O)NC2CC2)c(OC)c1C. The van der Waals surface area contributed by atoms with Gasteiger partial charge in [0.2, 0.25) is 0 Å². The van der Waals surface area contributed by atoms with Gasteiger partial charge in [-0.3, -0.25) is 0 Å². The summed E-state index contributed by atoms with van der Waals surface area (Å²) in [5.41, 5.74) is 0.874. The molecular formula is C12H17NO3S. The number of ether oxygens (including phenoxy) is 2. The molecule has 0 bridgehead atoms. The van der Waals surface area contributed by atoms with Crippen molar-refractivity contribution in [1.29, 1.82) is 0 Å². The minimum Gasteiger partial charge on any atom is -0.496 e. The third-order valence-electron chi connectivity index (χ3n) is 2.79. The molecular weight excluding hydrogens is 238 g/mol. The lowest BCUT2D eigenvalue weighted by molar-refractivity contribution is 0.381. The highest BCUT2D eigenvalue weighted by Gasteiger charge is 2.25. The van der Waals surface area contributed by atoms with Gasteiger partial charge in [0, 0.05) is 11.6 Å². The Kier molecular flexibility index (Phi) is 3.69. The van der Waals surface area contributed by atoms with Gasteiger partial charge in [-0.05, 0) is 31.9 Å². The maximum Gasteiger partial charge on any atom is 0.142 e. The fourth-order valence-electron chi connectivity index (χ4n) is 1.69. The third kappa shape index (κ3) is 2.61. The first-order valence-corrected chi connectivity index (χ1v) is 6.72. The number of rotatable bonds is 5. The molecule has 17 heavy (non-hydrogen) atoms. The standard InChI is InChI=1S/C12H17NO3S/c1-8-10(15-2)6-7-11(12(8)16-3)17(14)13-9-4-5-9/h6-7,9,13H,4-5H2,1-3H3/t17-/m0/s1. The zero-order valence-electron chi connectivity index (χ0n) is 10.3. The zero-order chi connectivity index (χ0) is 12.4. The molecule has 5 heteroatoms. The predicted octanol–water partition coefficient (Wildman–Crippen LogP) is 1.79. The Bertz CT molecular complexity index is 444. The Hall–Kier alpha value is -1.07. The largest absolute Gasteiger partial charge is 0.496 e. The molecule has 1 fully saturated rings. The number of benzene rings is 1. The predicted molar refractivity (Wildman–Crippen MR) is 66.8 cm³/mol. The molecule has 2 rings (SSSR count). The summed E-state index contributed by atoms with van der Waals surface area (Å²) in [6, 6.07) is 4.00. The molecule has 0 spiro atoms. The number of hydrogen-bond donors (Lipinski definition) is 1. The van der Waals surface area contributed by atoms with Crippen LogP contribution in [-0.4, -0.2) is 24.5 Å². The first-order valence-electron chi connectivity index (χ1n) is 5.57. The van der Waals surface area contributed by atoms with Gasteiger partial charge in [-0.2, -0.15) is 0 Å². The van der Waals surface area contributed by atoms with Crippen molar-refractivity contribution in [3.05, 3.63) is 17.7 Å². The van der Waals surface area contributed by atoms with Crippen molar-refractivity contribution in [2.24, 2.45) is 0 Å². The van der Waals surface area contributed by atoms with Crippen LogP contribution in [0.5, 0.6) is 11.5 Å². The molecule has 0 radical (unpaired) electrons. The van der Waals surface area contributed by atoms with E-state index in [1.54, 1.807) is 20.3 Å². The lowest BCUT2D eigenvalue weighted by atomic mass is 10.2. The summed E-state index contributed by atoms with van der Waals surface area (Å²) in [4.78, 5) is 0.678. The molecule has 1 aliphatic rings. The molecule has 4 nitrogen and oxygen atoms in total. The van der Waals surface area contributed by atoms with Crippen LogP contribution < -0.4 is 14.2 Å². The highest BCUT2D eigenvalue weighted by molar-refractivity contribution is 7.83. The van der Waals surface area contributed by atoms with Gasteiger partial charge in [-0.15, -0.1) is 0 Å². The molecule has 0 aromatic heterocycles. The van der Waals surface area contributed by atoms with Gasteiger partial charge >= 0.3 is 0 Å². The molecule has 94 valence electrons. The average molecular weight is 255 g/mol. The summed E-state index contributed by atoms with van der Waals surface area (Å²) in [5.74, 6) is 1.38. The molecule has 1 aromatic carbocycles. The summed E-state index contributed by atoms with van der Waals surface area (Å²) < 4.78 is 25.7. The summed E-state index contributed by atoms with van der Waals surface area (Å²) in [6.45, 7) is 1.90. The van der Waals surface area contributed by atoms with Crippen LogP contribution in [0, 0.1) is 6.92 Å². The number of nitrogens with one attached hydrogen (secondary N) is 1. The zero-order valence-corrected chi connectivity index (χ0v) is 11.1. The Morgan fingerprint density at radius 3 is 2.53 bits per heavy atom. The van der Waals surface area contributed by atoms with E-state index in [0.717, 1.165) is 24.2 Å². The fourth-order valence-corrected chi connectivity index (χ4v) is 2.95. The van der Waals surface area contributed by atoms with E-state index in [4.69, 9.17) is 9.47 Å². The van der Waals surface area contributed by atoms with Crippen LogP contribution >= 0.6 is 0 Å². The normalized spacial score (nSPS) is 16.6. The van der Waals surface area contributed by atoms with Gasteiger partial charge in [0.25, 0.3) is 0 Å². The third-order valence-corrected chi connectivity index (χ3v) is 4.06. The van der Waals surface area contributed by atoms with Gasteiger partial charge in [-0.1, -0.05) is 0 Å². The van der Waals surface area contributed by atoms with Gasteiger partial charge in [-0.25, -0.2) is 8.93 Å². The van der Waals surface area contributed by atoms with Crippen LogP contribution in [0.2, 0.25) is 0 Å². The first-order chi connectivity index (χ1) is 8.17. The summed E-state index contributed by atoms with van der Waals surface area (Å²) >= 11 is 0. The van der Waals surface area contributed by atoms with Crippen molar-refractivity contribution in [3.63, 3.8) is 0 Å². The number of methoxy groups -OCH3 is 2. The fraction of sp³-hybridized carbons (Fsp3) is 0.500. The molecule has 0 aliphatic heterocycles. The van der Waals surface area contributed by atoms with Crippen molar-refractivity contribution < 1.29 is 13.7 Å². The van der Waals surface area contributed by atoms with Gasteiger partial charge < -0.3 is 9.47 Å². The van der Waals surface area contributed by atoms with E-state index < -0.39 is 11.0 Å². The minimum atomic E-state index is -1.21. The first kappa shape index (κ1) is 12.4. The van der Waals surface area contributed by atoms with Gasteiger partial charge in [0.05, 0.1) is 19.1 Å². The van der Waals surface area contributed by atoms with E-state index in [0.29, 0.717) is 16.7 Å². The lowest BCUT2D eigenvalue weighted by Crippen LogP contribution is -2.20.